The van der Waals surface area contributed by atoms with Gasteiger partial charge in [0, 0.05) is 0 Å². The fourth-order valence-corrected chi connectivity index (χ4v) is 3.41. The minimum absolute atomic E-state index is 0.399. The zero-order chi connectivity index (χ0) is 20.6. The predicted molar refractivity (Wildman–Crippen MR) is 121 cm³/mol. The summed E-state index contributed by atoms with van der Waals surface area (Å²) in [6.07, 6.45) is 1.73. The Hall–Kier alpha value is -3.07. The summed E-state index contributed by atoms with van der Waals surface area (Å²) in [5.41, 5.74) is 2.65. The Labute approximate surface area is 182 Å². The van der Waals surface area contributed by atoms with Gasteiger partial charge in [0.2, 0.25) is 0 Å². The number of rotatable bonds is 8. The van der Waals surface area contributed by atoms with Gasteiger partial charge in [0.25, 0.3) is 0 Å². The monoisotopic (exact) mass is 502 g/mol. The van der Waals surface area contributed by atoms with Crippen LogP contribution in [-0.2, 0) is 4.79 Å². The maximum Gasteiger partial charge on any atom is 0.341 e. The van der Waals surface area contributed by atoms with E-state index in [-0.39, 0.29) is 0 Å². The molecule has 0 aliphatic heterocycles. The molecule has 0 spiro atoms. The van der Waals surface area contributed by atoms with Gasteiger partial charge in [0.15, 0.2) is 18.1 Å². The van der Waals surface area contributed by atoms with Crippen molar-refractivity contribution in [2.75, 3.05) is 18.7 Å². The average Bonchev–Trinajstić information content (AvgIpc) is 2.74. The molecular formula is C22H19IN2O4. The molecule has 3 aromatic rings. The molecule has 0 atom stereocenters. The largest absolute Gasteiger partial charge is 0.493 e. The average molecular weight is 502 g/mol. The fraction of sp³-hybridized carbons (Fsp3) is 0.0909. The summed E-state index contributed by atoms with van der Waals surface area (Å²) in [5.74, 6) is -0.198. The highest BCUT2D eigenvalue weighted by Crippen LogP contribution is 2.34. The molecule has 0 saturated carbocycles. The van der Waals surface area contributed by atoms with Crippen LogP contribution >= 0.6 is 22.6 Å². The minimum Gasteiger partial charge on any atom is -0.493 e. The van der Waals surface area contributed by atoms with Crippen LogP contribution in [0.2, 0.25) is 0 Å². The molecule has 0 saturated heterocycles. The van der Waals surface area contributed by atoms with Gasteiger partial charge in [0.1, 0.15) is 0 Å². The number of hydrogen-bond donors (Lipinski definition) is 1. The maximum atomic E-state index is 10.8. The number of nitrogens with zero attached hydrogens (tertiary/aromatic N) is 2. The Morgan fingerprint density at radius 3 is 2.17 bits per heavy atom. The Morgan fingerprint density at radius 1 is 1.07 bits per heavy atom. The van der Waals surface area contributed by atoms with Crippen molar-refractivity contribution in [1.82, 2.24) is 0 Å². The van der Waals surface area contributed by atoms with Gasteiger partial charge < -0.3 is 14.6 Å². The van der Waals surface area contributed by atoms with Crippen molar-refractivity contribution in [1.29, 1.82) is 0 Å². The molecule has 1 N–H and O–H groups in total. The van der Waals surface area contributed by atoms with Gasteiger partial charge in [-0.05, 0) is 64.6 Å². The molecule has 0 aliphatic rings. The number of methoxy groups -OCH3 is 1. The van der Waals surface area contributed by atoms with E-state index in [4.69, 9.17) is 14.6 Å². The van der Waals surface area contributed by atoms with E-state index in [2.05, 4.69) is 27.7 Å². The number of benzene rings is 3. The Kier molecular flexibility index (Phi) is 7.07. The zero-order valence-electron chi connectivity index (χ0n) is 15.7. The molecule has 0 radical (unpaired) electrons. The van der Waals surface area contributed by atoms with Crippen LogP contribution in [0.25, 0.3) is 0 Å². The molecule has 0 fully saturated rings. The predicted octanol–water partition coefficient (Wildman–Crippen LogP) is 4.94. The van der Waals surface area contributed by atoms with Crippen molar-refractivity contribution in [2.24, 2.45) is 5.10 Å². The van der Waals surface area contributed by atoms with Crippen molar-refractivity contribution in [2.45, 2.75) is 0 Å². The van der Waals surface area contributed by atoms with Crippen LogP contribution in [0.5, 0.6) is 11.5 Å². The molecular weight excluding hydrogens is 483 g/mol. The van der Waals surface area contributed by atoms with Crippen LogP contribution in [-0.4, -0.2) is 31.0 Å². The number of hydrazone groups is 1. The lowest BCUT2D eigenvalue weighted by Gasteiger charge is -2.19. The van der Waals surface area contributed by atoms with Crippen molar-refractivity contribution in [3.8, 4) is 11.5 Å². The number of hydrogen-bond acceptors (Lipinski definition) is 5. The summed E-state index contributed by atoms with van der Waals surface area (Å²) in [5, 5.41) is 15.4. The Balaban J connectivity index is 1.93. The third-order valence-corrected chi connectivity index (χ3v) is 4.72. The number of carboxylic acid groups (broad SMARTS) is 1. The molecule has 3 rings (SSSR count). The molecule has 0 unspecified atom stereocenters. The topological polar surface area (TPSA) is 71.4 Å². The maximum absolute atomic E-state index is 10.8. The van der Waals surface area contributed by atoms with E-state index < -0.39 is 12.6 Å². The molecule has 0 heterocycles. The van der Waals surface area contributed by atoms with Crippen LogP contribution in [0.3, 0.4) is 0 Å². The van der Waals surface area contributed by atoms with Crippen LogP contribution in [0.15, 0.2) is 77.9 Å². The third-order valence-electron chi connectivity index (χ3n) is 3.92. The van der Waals surface area contributed by atoms with Crippen molar-refractivity contribution >= 4 is 46.1 Å². The lowest BCUT2D eigenvalue weighted by molar-refractivity contribution is -0.139. The molecule has 0 aliphatic carbocycles. The normalized spacial score (nSPS) is 10.7. The van der Waals surface area contributed by atoms with Gasteiger partial charge in [-0.2, -0.15) is 5.10 Å². The van der Waals surface area contributed by atoms with E-state index in [1.54, 1.807) is 12.3 Å². The molecule has 0 amide bonds. The first-order valence-electron chi connectivity index (χ1n) is 8.75. The van der Waals surface area contributed by atoms with E-state index >= 15 is 0 Å². The van der Waals surface area contributed by atoms with Crippen LogP contribution in [0.4, 0.5) is 11.4 Å². The first-order chi connectivity index (χ1) is 14.1. The first-order valence-corrected chi connectivity index (χ1v) is 9.82. The van der Waals surface area contributed by atoms with Crippen molar-refractivity contribution < 1.29 is 19.4 Å². The van der Waals surface area contributed by atoms with E-state index in [1.165, 1.54) is 7.11 Å². The SMILES string of the molecule is COc1cc(/C=N\N(c2ccccc2)c2ccccc2)cc(I)c1OCC(=O)O. The fourth-order valence-electron chi connectivity index (χ4n) is 2.63. The number of carbonyl (C=O) groups is 1. The molecule has 3 aromatic carbocycles. The van der Waals surface area contributed by atoms with Gasteiger partial charge in [-0.25, -0.2) is 9.80 Å². The summed E-state index contributed by atoms with van der Waals surface area (Å²) < 4.78 is 11.5. The highest BCUT2D eigenvalue weighted by molar-refractivity contribution is 14.1. The molecule has 0 bridgehead atoms. The highest BCUT2D eigenvalue weighted by Gasteiger charge is 2.13. The van der Waals surface area contributed by atoms with Gasteiger partial charge in [0.05, 0.1) is 28.3 Å². The summed E-state index contributed by atoms with van der Waals surface area (Å²) in [4.78, 5) is 10.8. The second-order valence-corrected chi connectivity index (χ2v) is 7.11. The van der Waals surface area contributed by atoms with E-state index in [1.807, 2.05) is 71.7 Å². The summed E-state index contributed by atoms with van der Waals surface area (Å²) in [6, 6.07) is 23.3. The standard InChI is InChI=1S/C22H19IN2O4/c1-28-20-13-16(12-19(23)22(20)29-15-21(26)27)14-24-25(17-8-4-2-5-9-17)18-10-6-3-7-11-18/h2-14H,15H2,1H3,(H,26,27)/b24-14-. The van der Waals surface area contributed by atoms with E-state index in [9.17, 15) is 4.79 Å². The number of anilines is 2. The number of carboxylic acids is 1. The smallest absolute Gasteiger partial charge is 0.341 e. The summed E-state index contributed by atoms with van der Waals surface area (Å²) in [7, 11) is 1.51. The molecule has 0 aromatic heterocycles. The zero-order valence-corrected chi connectivity index (χ0v) is 17.8. The van der Waals surface area contributed by atoms with Gasteiger partial charge >= 0.3 is 5.97 Å². The number of aliphatic carboxylic acids is 1. The van der Waals surface area contributed by atoms with E-state index in [0.717, 1.165) is 20.5 Å². The number of ether oxygens (including phenoxy) is 2. The van der Waals surface area contributed by atoms with Gasteiger partial charge in [-0.15, -0.1) is 0 Å². The van der Waals surface area contributed by atoms with Crippen LogP contribution < -0.4 is 14.5 Å². The van der Waals surface area contributed by atoms with Gasteiger partial charge in [-0.3, -0.25) is 0 Å². The van der Waals surface area contributed by atoms with Gasteiger partial charge in [-0.1, -0.05) is 36.4 Å². The molecule has 7 heteroatoms. The molecule has 148 valence electrons. The Bertz CT molecular complexity index is 955. The van der Waals surface area contributed by atoms with Crippen molar-refractivity contribution in [3.05, 3.63) is 81.9 Å². The Morgan fingerprint density at radius 2 is 1.66 bits per heavy atom. The second kappa shape index (κ2) is 9.92. The minimum atomic E-state index is -1.05. The lowest BCUT2D eigenvalue weighted by atomic mass is 10.2. The van der Waals surface area contributed by atoms with Crippen LogP contribution in [0.1, 0.15) is 5.56 Å². The number of halogens is 1. The van der Waals surface area contributed by atoms with Crippen LogP contribution in [0, 0.1) is 3.57 Å². The number of para-hydroxylation sites is 2. The second-order valence-electron chi connectivity index (χ2n) is 5.94. The third kappa shape index (κ3) is 5.47. The lowest BCUT2D eigenvalue weighted by Crippen LogP contribution is -2.11. The highest BCUT2D eigenvalue weighted by atomic mass is 127. The summed E-state index contributed by atoms with van der Waals surface area (Å²) >= 11 is 2.09. The quantitative estimate of drug-likeness (QED) is 0.269. The first kappa shape index (κ1) is 20.7. The molecule has 29 heavy (non-hydrogen) atoms. The van der Waals surface area contributed by atoms with E-state index in [0.29, 0.717) is 11.5 Å². The summed E-state index contributed by atoms with van der Waals surface area (Å²) in [6.45, 7) is -0.435. The van der Waals surface area contributed by atoms with Crippen molar-refractivity contribution in [3.63, 3.8) is 0 Å². The molecule has 6 nitrogen and oxygen atoms in total.